The van der Waals surface area contributed by atoms with Gasteiger partial charge in [-0.25, -0.2) is 9.37 Å². The van der Waals surface area contributed by atoms with Gasteiger partial charge in [-0.3, -0.25) is 9.20 Å². The van der Waals surface area contributed by atoms with E-state index in [4.69, 9.17) is 23.2 Å². The monoisotopic (exact) mass is 562 g/mol. The van der Waals surface area contributed by atoms with Crippen LogP contribution in [0, 0.1) is 5.82 Å². The fourth-order valence-electron chi connectivity index (χ4n) is 3.66. The van der Waals surface area contributed by atoms with E-state index in [1.807, 2.05) is 47.7 Å². The molecule has 0 saturated carbocycles. The molecular formula is C25H22BrCl2FN4O. The molecule has 0 unspecified atom stereocenters. The van der Waals surface area contributed by atoms with E-state index >= 15 is 0 Å². The highest BCUT2D eigenvalue weighted by molar-refractivity contribution is 9.10. The number of pyridine rings is 1. The Kier molecular flexibility index (Phi) is 7.57. The summed E-state index contributed by atoms with van der Waals surface area (Å²) in [5, 5.41) is 0.892. The summed E-state index contributed by atoms with van der Waals surface area (Å²) in [4.78, 5) is 22.4. The first-order chi connectivity index (χ1) is 16.2. The molecule has 0 aliphatic heterocycles. The van der Waals surface area contributed by atoms with Crippen molar-refractivity contribution in [3.8, 4) is 11.3 Å². The van der Waals surface area contributed by atoms with E-state index in [-0.39, 0.29) is 17.4 Å². The van der Waals surface area contributed by atoms with Crippen LogP contribution in [0.25, 0.3) is 16.9 Å². The second-order valence-corrected chi connectivity index (χ2v) is 9.76. The van der Waals surface area contributed by atoms with E-state index in [9.17, 15) is 9.18 Å². The average Bonchev–Trinajstić information content (AvgIpc) is 3.20. The highest BCUT2D eigenvalue weighted by Gasteiger charge is 2.26. The van der Waals surface area contributed by atoms with Crippen LogP contribution in [0.4, 0.5) is 4.39 Å². The van der Waals surface area contributed by atoms with Crippen LogP contribution in [0.1, 0.15) is 16.1 Å². The first-order valence-corrected chi connectivity index (χ1v) is 12.1. The van der Waals surface area contributed by atoms with Gasteiger partial charge in [0.25, 0.3) is 5.91 Å². The second kappa shape index (κ2) is 10.4. The first-order valence-electron chi connectivity index (χ1n) is 10.6. The molecule has 0 aliphatic rings. The van der Waals surface area contributed by atoms with E-state index in [1.54, 1.807) is 29.2 Å². The maximum Gasteiger partial charge on any atom is 0.275 e. The predicted octanol–water partition coefficient (Wildman–Crippen LogP) is 6.41. The summed E-state index contributed by atoms with van der Waals surface area (Å²) in [6.45, 7) is 1.47. The number of aromatic nitrogens is 2. The van der Waals surface area contributed by atoms with Gasteiger partial charge in [0.1, 0.15) is 11.5 Å². The molecule has 2 aromatic carbocycles. The SMILES string of the molecule is CN(C)CCN(Cc1ccc(Cl)c(Cl)c1)C(=O)c1nc2cccc(Br)n2c1-c1ccc(F)cc1. The Morgan fingerprint density at radius 2 is 1.76 bits per heavy atom. The van der Waals surface area contributed by atoms with Crippen LogP contribution >= 0.6 is 39.1 Å². The van der Waals surface area contributed by atoms with Crippen LogP contribution in [-0.2, 0) is 6.54 Å². The Hall–Kier alpha value is -2.45. The minimum absolute atomic E-state index is 0.233. The van der Waals surface area contributed by atoms with Crippen LogP contribution in [0.15, 0.2) is 65.3 Å². The fourth-order valence-corrected chi connectivity index (χ4v) is 4.49. The van der Waals surface area contributed by atoms with E-state index < -0.39 is 0 Å². The van der Waals surface area contributed by atoms with E-state index in [0.29, 0.717) is 46.6 Å². The molecule has 0 fully saturated rings. The third-order valence-corrected chi connectivity index (χ3v) is 6.74. The summed E-state index contributed by atoms with van der Waals surface area (Å²) in [7, 11) is 3.90. The molecule has 0 aliphatic carbocycles. The number of hydrogen-bond donors (Lipinski definition) is 0. The summed E-state index contributed by atoms with van der Waals surface area (Å²) in [5.74, 6) is -0.584. The van der Waals surface area contributed by atoms with Crippen molar-refractivity contribution >= 4 is 50.7 Å². The molecule has 0 radical (unpaired) electrons. The van der Waals surface area contributed by atoms with Crippen LogP contribution in [0.5, 0.6) is 0 Å². The quantitative estimate of drug-likeness (QED) is 0.244. The number of likely N-dealkylation sites (N-methyl/N-ethyl adjacent to an activating group) is 1. The molecule has 0 N–H and O–H groups in total. The molecule has 34 heavy (non-hydrogen) atoms. The highest BCUT2D eigenvalue weighted by Crippen LogP contribution is 2.30. The molecule has 4 aromatic rings. The number of rotatable bonds is 7. The largest absolute Gasteiger partial charge is 0.332 e. The first kappa shape index (κ1) is 24.7. The van der Waals surface area contributed by atoms with Crippen molar-refractivity contribution < 1.29 is 9.18 Å². The maximum atomic E-state index is 13.9. The van der Waals surface area contributed by atoms with Crippen LogP contribution in [0.3, 0.4) is 0 Å². The number of nitrogens with zero attached hydrogens (tertiary/aromatic N) is 4. The number of amides is 1. The Morgan fingerprint density at radius 3 is 2.44 bits per heavy atom. The zero-order valence-electron chi connectivity index (χ0n) is 18.6. The Balaban J connectivity index is 1.81. The third-order valence-electron chi connectivity index (χ3n) is 5.38. The summed E-state index contributed by atoms with van der Waals surface area (Å²) >= 11 is 15.9. The number of carbonyl (C=O) groups is 1. The van der Waals surface area contributed by atoms with Gasteiger partial charge >= 0.3 is 0 Å². The zero-order chi connectivity index (χ0) is 24.4. The zero-order valence-corrected chi connectivity index (χ0v) is 21.7. The van der Waals surface area contributed by atoms with E-state index in [0.717, 1.165) is 10.2 Å². The lowest BCUT2D eigenvalue weighted by Crippen LogP contribution is -2.36. The normalized spacial score (nSPS) is 11.4. The number of halogens is 4. The van der Waals surface area contributed by atoms with Gasteiger partial charge in [0.15, 0.2) is 5.69 Å². The molecule has 2 heterocycles. The van der Waals surface area contributed by atoms with Gasteiger partial charge in [-0.05, 0) is 84.1 Å². The number of carbonyl (C=O) groups excluding carboxylic acids is 1. The molecule has 2 aromatic heterocycles. The lowest BCUT2D eigenvalue weighted by molar-refractivity contribution is 0.0727. The van der Waals surface area contributed by atoms with Gasteiger partial charge in [0.2, 0.25) is 0 Å². The van der Waals surface area contributed by atoms with Gasteiger partial charge in [-0.15, -0.1) is 0 Å². The standard InChI is InChI=1S/C25H22BrCl2FN4O/c1-31(2)12-13-32(15-16-6-11-19(27)20(28)14-16)25(34)23-24(17-7-9-18(29)10-8-17)33-21(26)4-3-5-22(33)30-23/h3-11,14H,12-13,15H2,1-2H3. The smallest absolute Gasteiger partial charge is 0.275 e. The van der Waals surface area contributed by atoms with Crippen LogP contribution in [0.2, 0.25) is 10.0 Å². The lowest BCUT2D eigenvalue weighted by atomic mass is 10.1. The van der Waals surface area contributed by atoms with Crippen LogP contribution in [-0.4, -0.2) is 52.3 Å². The predicted molar refractivity (Wildman–Crippen MR) is 138 cm³/mol. The van der Waals surface area contributed by atoms with Gasteiger partial charge < -0.3 is 9.80 Å². The molecule has 1 amide bonds. The van der Waals surface area contributed by atoms with Crippen molar-refractivity contribution in [2.24, 2.45) is 0 Å². The fraction of sp³-hybridized carbons (Fsp3) is 0.200. The number of benzene rings is 2. The Morgan fingerprint density at radius 1 is 1.03 bits per heavy atom. The van der Waals surface area contributed by atoms with Crippen molar-refractivity contribution in [3.63, 3.8) is 0 Å². The Bertz CT molecular complexity index is 1340. The summed E-state index contributed by atoms with van der Waals surface area (Å²) in [6.07, 6.45) is 0. The minimum atomic E-state index is -0.350. The number of fused-ring (bicyclic) bond motifs is 1. The topological polar surface area (TPSA) is 40.8 Å². The van der Waals surface area contributed by atoms with Crippen LogP contribution < -0.4 is 0 Å². The van der Waals surface area contributed by atoms with Crippen molar-refractivity contribution in [2.75, 3.05) is 27.2 Å². The van der Waals surface area contributed by atoms with Crippen molar-refractivity contribution in [1.82, 2.24) is 19.2 Å². The molecular weight excluding hydrogens is 542 g/mol. The minimum Gasteiger partial charge on any atom is -0.332 e. The molecule has 0 atom stereocenters. The molecule has 5 nitrogen and oxygen atoms in total. The second-order valence-electron chi connectivity index (χ2n) is 8.14. The molecule has 4 rings (SSSR count). The molecule has 0 saturated heterocycles. The summed E-state index contributed by atoms with van der Waals surface area (Å²) in [6, 6.07) is 16.9. The van der Waals surface area contributed by atoms with Gasteiger partial charge in [0.05, 0.1) is 20.3 Å². The van der Waals surface area contributed by atoms with Gasteiger partial charge in [0, 0.05) is 25.2 Å². The molecule has 9 heteroatoms. The molecule has 0 spiro atoms. The molecule has 176 valence electrons. The van der Waals surface area contributed by atoms with Gasteiger partial charge in [-0.2, -0.15) is 0 Å². The summed E-state index contributed by atoms with van der Waals surface area (Å²) < 4.78 is 16.2. The van der Waals surface area contributed by atoms with Gasteiger partial charge in [-0.1, -0.05) is 35.3 Å². The van der Waals surface area contributed by atoms with E-state index in [2.05, 4.69) is 20.9 Å². The van der Waals surface area contributed by atoms with Crippen molar-refractivity contribution in [2.45, 2.75) is 6.54 Å². The number of imidazole rings is 1. The maximum absolute atomic E-state index is 13.9. The van der Waals surface area contributed by atoms with Crippen molar-refractivity contribution in [1.29, 1.82) is 0 Å². The number of hydrogen-bond acceptors (Lipinski definition) is 3. The Labute approximate surface area is 215 Å². The molecule has 0 bridgehead atoms. The lowest BCUT2D eigenvalue weighted by Gasteiger charge is -2.24. The van der Waals surface area contributed by atoms with Crippen molar-refractivity contribution in [3.05, 3.63) is 92.4 Å². The average molecular weight is 564 g/mol. The summed E-state index contributed by atoms with van der Waals surface area (Å²) in [5.41, 5.74) is 3.04. The highest BCUT2D eigenvalue weighted by atomic mass is 79.9. The third kappa shape index (κ3) is 5.28. The van der Waals surface area contributed by atoms with E-state index in [1.165, 1.54) is 12.1 Å².